The van der Waals surface area contributed by atoms with Gasteiger partial charge >= 0.3 is 6.09 Å². The van der Waals surface area contributed by atoms with Crippen LogP contribution in [0.3, 0.4) is 0 Å². The molecule has 1 atom stereocenters. The summed E-state index contributed by atoms with van der Waals surface area (Å²) in [4.78, 5) is 21.6. The highest BCUT2D eigenvalue weighted by Crippen LogP contribution is 2.26. The van der Waals surface area contributed by atoms with Crippen molar-refractivity contribution in [2.24, 2.45) is 0 Å². The van der Waals surface area contributed by atoms with E-state index in [1.165, 1.54) is 0 Å². The number of amides is 1. The molecule has 230 valence electrons. The second kappa shape index (κ2) is 14.3. The Morgan fingerprint density at radius 2 is 1.68 bits per heavy atom. The third-order valence-corrected chi connectivity index (χ3v) is 10.8. The molecular weight excluding hydrogens is 665 g/mol. The Morgan fingerprint density at radius 3 is 2.24 bits per heavy atom. The van der Waals surface area contributed by atoms with Gasteiger partial charge < -0.3 is 19.1 Å². The number of carbonyl (C=O) groups excluding carboxylic acids is 1. The topological polar surface area (TPSA) is 81.4 Å². The first-order chi connectivity index (χ1) is 19.0. The minimum absolute atomic E-state index is 0.0428. The van der Waals surface area contributed by atoms with E-state index < -0.39 is 21.7 Å². The smallest absolute Gasteiger partial charge is 0.414 e. The Hall–Kier alpha value is -1.49. The summed E-state index contributed by atoms with van der Waals surface area (Å²) in [7, 11) is -2.40. The van der Waals surface area contributed by atoms with Gasteiger partial charge in [-0.1, -0.05) is 45.4 Å². The first kappa shape index (κ1) is 34.0. The van der Waals surface area contributed by atoms with Crippen LogP contribution in [-0.4, -0.2) is 80.1 Å². The highest BCUT2D eigenvalue weighted by molar-refractivity contribution is 14.1. The van der Waals surface area contributed by atoms with Gasteiger partial charge in [0, 0.05) is 53.4 Å². The molecule has 0 saturated carbocycles. The average Bonchev–Trinajstić information content (AvgIpc) is 3.46. The Morgan fingerprint density at radius 1 is 1.07 bits per heavy atom. The van der Waals surface area contributed by atoms with E-state index in [9.17, 15) is 4.79 Å². The van der Waals surface area contributed by atoms with Gasteiger partial charge in [0.2, 0.25) is 0 Å². The summed E-state index contributed by atoms with van der Waals surface area (Å²) in [5.74, 6) is 0.905. The number of nitrogens with zero attached hydrogens (tertiary/aromatic N) is 5. The number of fused-ring (bicyclic) bond motifs is 1. The van der Waals surface area contributed by atoms with Crippen molar-refractivity contribution >= 4 is 56.3 Å². The molecule has 0 spiro atoms. The predicted octanol–water partition coefficient (Wildman–Crippen LogP) is 7.22. The highest BCUT2D eigenvalue weighted by Gasteiger charge is 2.29. The third kappa shape index (κ3) is 11.3. The molecule has 12 heteroatoms. The summed E-state index contributed by atoms with van der Waals surface area (Å²) < 4.78 is 20.9. The zero-order valence-corrected chi connectivity index (χ0v) is 30.7. The van der Waals surface area contributed by atoms with E-state index >= 15 is 0 Å². The molecule has 0 radical (unpaired) electrons. The SMILES string of the molecule is CC(C)(C)OC(=O)N1C=CCC1CCc1cc(N(COCC[Si](C)(C)C)COCC[Si](C)(C)C)n2ncc(I)c2n1. The van der Waals surface area contributed by atoms with E-state index in [1.807, 2.05) is 43.8 Å². The van der Waals surface area contributed by atoms with Crippen LogP contribution in [0.2, 0.25) is 51.4 Å². The van der Waals surface area contributed by atoms with E-state index in [2.05, 4.69) is 77.9 Å². The average molecular weight is 716 g/mol. The fraction of sp³-hybridized carbons (Fsp3) is 0.690. The van der Waals surface area contributed by atoms with Gasteiger partial charge in [0.15, 0.2) is 5.65 Å². The molecule has 41 heavy (non-hydrogen) atoms. The monoisotopic (exact) mass is 715 g/mol. The van der Waals surface area contributed by atoms with Crippen LogP contribution in [0.25, 0.3) is 5.65 Å². The summed E-state index contributed by atoms with van der Waals surface area (Å²) in [5.41, 5.74) is 1.24. The maximum absolute atomic E-state index is 12.8. The van der Waals surface area contributed by atoms with Crippen molar-refractivity contribution in [1.29, 1.82) is 0 Å². The summed E-state index contributed by atoms with van der Waals surface area (Å²) >= 11 is 2.29. The Kier molecular flexibility index (Phi) is 11.9. The number of aryl methyl sites for hydroxylation is 1. The van der Waals surface area contributed by atoms with Crippen LogP contribution in [0.4, 0.5) is 10.6 Å². The third-order valence-electron chi connectivity index (χ3n) is 6.68. The van der Waals surface area contributed by atoms with E-state index in [-0.39, 0.29) is 12.1 Å². The van der Waals surface area contributed by atoms with E-state index in [0.717, 1.165) is 65.3 Å². The number of hydrogen-bond acceptors (Lipinski definition) is 7. The number of aromatic nitrogens is 3. The largest absolute Gasteiger partial charge is 0.443 e. The summed E-state index contributed by atoms with van der Waals surface area (Å²) in [6, 6.07) is 4.36. The molecule has 3 rings (SSSR count). The molecule has 0 bridgehead atoms. The zero-order valence-electron chi connectivity index (χ0n) is 26.5. The van der Waals surface area contributed by atoms with Gasteiger partial charge in [-0.3, -0.25) is 4.90 Å². The van der Waals surface area contributed by atoms with Gasteiger partial charge in [-0.05, 0) is 74.7 Å². The Bertz CT molecular complexity index is 1160. The minimum atomic E-state index is -1.20. The van der Waals surface area contributed by atoms with Crippen LogP contribution < -0.4 is 4.90 Å². The van der Waals surface area contributed by atoms with Crippen LogP contribution in [-0.2, 0) is 20.6 Å². The van der Waals surface area contributed by atoms with Gasteiger partial charge in [0.25, 0.3) is 0 Å². The molecule has 1 unspecified atom stereocenters. The number of rotatable bonds is 14. The first-order valence-electron chi connectivity index (χ1n) is 14.6. The van der Waals surface area contributed by atoms with Crippen molar-refractivity contribution in [2.45, 2.75) is 103 Å². The maximum atomic E-state index is 12.8. The number of anilines is 1. The first-order valence-corrected chi connectivity index (χ1v) is 23.1. The van der Waals surface area contributed by atoms with Gasteiger partial charge in [-0.25, -0.2) is 9.78 Å². The predicted molar refractivity (Wildman–Crippen MR) is 180 cm³/mol. The normalized spacial score (nSPS) is 16.1. The van der Waals surface area contributed by atoms with Crippen molar-refractivity contribution in [1.82, 2.24) is 19.5 Å². The van der Waals surface area contributed by atoms with Gasteiger partial charge in [-0.15, -0.1) is 0 Å². The van der Waals surface area contributed by atoms with Crippen molar-refractivity contribution in [3.63, 3.8) is 0 Å². The molecule has 2 aromatic heterocycles. The Labute approximate surface area is 262 Å². The summed E-state index contributed by atoms with van der Waals surface area (Å²) in [5, 5.41) is 4.65. The molecule has 3 heterocycles. The molecule has 0 aliphatic carbocycles. The Balaban J connectivity index is 1.79. The van der Waals surface area contributed by atoms with Gasteiger partial charge in [-0.2, -0.15) is 9.61 Å². The number of halogens is 1. The molecular formula is C29H50IN5O4Si2. The quantitative estimate of drug-likeness (QED) is 0.0885. The van der Waals surface area contributed by atoms with Crippen molar-refractivity contribution in [3.05, 3.63) is 33.8 Å². The summed E-state index contributed by atoms with van der Waals surface area (Å²) in [6.45, 7) is 22.2. The lowest BCUT2D eigenvalue weighted by molar-refractivity contribution is 0.0282. The number of carbonyl (C=O) groups is 1. The molecule has 1 aliphatic heterocycles. The van der Waals surface area contributed by atoms with Crippen molar-refractivity contribution < 1.29 is 19.0 Å². The van der Waals surface area contributed by atoms with E-state index in [0.29, 0.717) is 13.5 Å². The molecule has 1 amide bonds. The lowest BCUT2D eigenvalue weighted by atomic mass is 10.1. The molecule has 0 aromatic carbocycles. The number of hydrogen-bond donors (Lipinski definition) is 0. The fourth-order valence-corrected chi connectivity index (χ4v) is 6.25. The highest BCUT2D eigenvalue weighted by atomic mass is 127. The number of ether oxygens (including phenoxy) is 3. The molecule has 2 aromatic rings. The van der Waals surface area contributed by atoms with Crippen molar-refractivity contribution in [2.75, 3.05) is 31.6 Å². The zero-order chi connectivity index (χ0) is 30.4. The van der Waals surface area contributed by atoms with Crippen LogP contribution in [0.15, 0.2) is 24.5 Å². The van der Waals surface area contributed by atoms with E-state index in [4.69, 9.17) is 19.2 Å². The molecule has 0 N–H and O–H groups in total. The maximum Gasteiger partial charge on any atom is 0.414 e. The lowest BCUT2D eigenvalue weighted by Crippen LogP contribution is -2.38. The van der Waals surface area contributed by atoms with Crippen LogP contribution in [0.1, 0.15) is 39.3 Å². The molecule has 1 aliphatic rings. The summed E-state index contributed by atoms with van der Waals surface area (Å²) in [6.07, 6.45) is 7.73. The van der Waals surface area contributed by atoms with Gasteiger partial charge in [0.05, 0.1) is 9.77 Å². The second-order valence-corrected chi connectivity index (χ2v) is 26.7. The van der Waals surface area contributed by atoms with Gasteiger partial charge in [0.1, 0.15) is 24.9 Å². The van der Waals surface area contributed by atoms with Crippen LogP contribution >= 0.6 is 22.6 Å². The fourth-order valence-electron chi connectivity index (χ4n) is 4.26. The minimum Gasteiger partial charge on any atom is -0.443 e. The second-order valence-electron chi connectivity index (χ2n) is 14.3. The molecule has 0 saturated heterocycles. The lowest BCUT2D eigenvalue weighted by Gasteiger charge is -2.28. The van der Waals surface area contributed by atoms with E-state index in [1.54, 1.807) is 4.90 Å². The molecule has 9 nitrogen and oxygen atoms in total. The van der Waals surface area contributed by atoms with Crippen molar-refractivity contribution in [3.8, 4) is 0 Å². The molecule has 0 fully saturated rings. The van der Waals surface area contributed by atoms with Crippen LogP contribution in [0.5, 0.6) is 0 Å². The standard InChI is InChI=1S/C29H50IN5O4Si2/c1-29(2,3)39-28(36)34-14-10-11-24(34)13-12-23-19-26(35-27(32-23)25(30)20-31-35)33(21-37-15-17-40(4,5)6)22-38-16-18-41(7,8)9/h10,14,19-20,24H,11-13,15-18,21-22H2,1-9H3. The van der Waals surface area contributed by atoms with Crippen LogP contribution in [0, 0.1) is 3.57 Å².